The minimum absolute atomic E-state index is 0.0872. The van der Waals surface area contributed by atoms with Crippen molar-refractivity contribution in [2.45, 2.75) is 45.4 Å². The average molecular weight is 305 g/mol. The van der Waals surface area contributed by atoms with Crippen LogP contribution in [0.4, 0.5) is 5.69 Å². The third kappa shape index (κ3) is 4.76. The lowest BCUT2D eigenvalue weighted by Crippen LogP contribution is -2.22. The van der Waals surface area contributed by atoms with E-state index in [0.29, 0.717) is 5.75 Å². The van der Waals surface area contributed by atoms with E-state index in [-0.39, 0.29) is 18.4 Å². The van der Waals surface area contributed by atoms with Gasteiger partial charge in [0.25, 0.3) is 0 Å². The fraction of sp³-hybridized carbons (Fsp3) is 0.529. The summed E-state index contributed by atoms with van der Waals surface area (Å²) in [5.41, 5.74) is 1.63. The van der Waals surface area contributed by atoms with Crippen LogP contribution in [0.15, 0.2) is 18.2 Å². The lowest BCUT2D eigenvalue weighted by Gasteiger charge is -2.16. The summed E-state index contributed by atoms with van der Waals surface area (Å²) in [7, 11) is 0. The maximum Gasteiger partial charge on any atom is 0.341 e. The normalized spacial score (nSPS) is 15.9. The average Bonchev–Trinajstić information content (AvgIpc) is 2.76. The zero-order valence-electron chi connectivity index (χ0n) is 12.9. The van der Waals surface area contributed by atoms with Crippen LogP contribution in [0.25, 0.3) is 0 Å². The molecule has 2 rings (SSSR count). The van der Waals surface area contributed by atoms with Crippen molar-refractivity contribution >= 4 is 17.6 Å². The van der Waals surface area contributed by atoms with Crippen molar-refractivity contribution < 1.29 is 19.4 Å². The number of carbonyl (C=O) groups is 2. The lowest BCUT2D eigenvalue weighted by atomic mass is 9.99. The Morgan fingerprint density at radius 3 is 2.50 bits per heavy atom. The van der Waals surface area contributed by atoms with Gasteiger partial charge >= 0.3 is 5.97 Å². The SMILES string of the molecule is Cc1cc(OCC(=O)O)ccc1NC(=O)C1CCCCCC1. The lowest BCUT2D eigenvalue weighted by molar-refractivity contribution is -0.139. The van der Waals surface area contributed by atoms with Crippen molar-refractivity contribution in [3.8, 4) is 5.75 Å². The Morgan fingerprint density at radius 2 is 1.91 bits per heavy atom. The van der Waals surface area contributed by atoms with E-state index >= 15 is 0 Å². The van der Waals surface area contributed by atoms with Crippen molar-refractivity contribution in [3.05, 3.63) is 23.8 Å². The molecule has 5 nitrogen and oxygen atoms in total. The zero-order chi connectivity index (χ0) is 15.9. The molecule has 1 aliphatic rings. The number of ether oxygens (including phenoxy) is 1. The van der Waals surface area contributed by atoms with Crippen LogP contribution in [-0.2, 0) is 9.59 Å². The van der Waals surface area contributed by atoms with Crippen molar-refractivity contribution in [1.29, 1.82) is 0 Å². The monoisotopic (exact) mass is 305 g/mol. The molecule has 0 bridgehead atoms. The highest BCUT2D eigenvalue weighted by atomic mass is 16.5. The Labute approximate surface area is 130 Å². The molecule has 0 aliphatic heterocycles. The van der Waals surface area contributed by atoms with Crippen LogP contribution in [0.2, 0.25) is 0 Å². The molecule has 1 fully saturated rings. The number of rotatable bonds is 5. The highest BCUT2D eigenvalue weighted by Crippen LogP contribution is 2.26. The Kier molecular flexibility index (Phi) is 5.81. The predicted molar refractivity (Wildman–Crippen MR) is 84.1 cm³/mol. The second-order valence-electron chi connectivity index (χ2n) is 5.84. The molecule has 5 heteroatoms. The van der Waals surface area contributed by atoms with E-state index in [4.69, 9.17) is 9.84 Å². The number of hydrogen-bond donors (Lipinski definition) is 2. The zero-order valence-corrected chi connectivity index (χ0v) is 12.9. The summed E-state index contributed by atoms with van der Waals surface area (Å²) in [5, 5.41) is 11.6. The van der Waals surface area contributed by atoms with Crippen LogP contribution in [0, 0.1) is 12.8 Å². The Bertz CT molecular complexity index is 533. The molecule has 0 unspecified atom stereocenters. The predicted octanol–water partition coefficient (Wildman–Crippen LogP) is 3.37. The summed E-state index contributed by atoms with van der Waals surface area (Å²) >= 11 is 0. The third-order valence-corrected chi connectivity index (χ3v) is 4.04. The fourth-order valence-corrected chi connectivity index (χ4v) is 2.79. The second kappa shape index (κ2) is 7.82. The van der Waals surface area contributed by atoms with Crippen molar-refractivity contribution in [2.75, 3.05) is 11.9 Å². The minimum atomic E-state index is -1.01. The Balaban J connectivity index is 1.96. The summed E-state index contributed by atoms with van der Waals surface area (Å²) in [4.78, 5) is 22.8. The van der Waals surface area contributed by atoms with Gasteiger partial charge in [0.1, 0.15) is 5.75 Å². The summed E-state index contributed by atoms with van der Waals surface area (Å²) in [6.07, 6.45) is 6.62. The molecule has 1 aromatic carbocycles. The molecule has 1 aliphatic carbocycles. The number of aliphatic carboxylic acids is 1. The van der Waals surface area contributed by atoms with Crippen LogP contribution in [0.3, 0.4) is 0 Å². The molecular formula is C17H23NO4. The van der Waals surface area contributed by atoms with Crippen LogP contribution >= 0.6 is 0 Å². The van der Waals surface area contributed by atoms with E-state index in [1.165, 1.54) is 12.8 Å². The molecule has 0 spiro atoms. The van der Waals surface area contributed by atoms with E-state index in [1.54, 1.807) is 18.2 Å². The number of carboxylic acid groups (broad SMARTS) is 1. The van der Waals surface area contributed by atoms with E-state index in [9.17, 15) is 9.59 Å². The number of nitrogens with one attached hydrogen (secondary N) is 1. The number of carboxylic acids is 1. The smallest absolute Gasteiger partial charge is 0.341 e. The third-order valence-electron chi connectivity index (χ3n) is 4.04. The molecule has 1 amide bonds. The number of aryl methyl sites for hydroxylation is 1. The first-order valence-electron chi connectivity index (χ1n) is 7.82. The number of hydrogen-bond acceptors (Lipinski definition) is 3. The summed E-state index contributed by atoms with van der Waals surface area (Å²) in [6.45, 7) is 1.50. The van der Waals surface area contributed by atoms with Crippen LogP contribution < -0.4 is 10.1 Å². The van der Waals surface area contributed by atoms with Crippen molar-refractivity contribution in [3.63, 3.8) is 0 Å². The maximum atomic E-state index is 12.4. The van der Waals surface area contributed by atoms with E-state index < -0.39 is 5.97 Å². The largest absolute Gasteiger partial charge is 0.482 e. The van der Waals surface area contributed by atoms with Gasteiger partial charge in [-0.25, -0.2) is 4.79 Å². The number of anilines is 1. The first-order valence-corrected chi connectivity index (χ1v) is 7.82. The highest BCUT2D eigenvalue weighted by Gasteiger charge is 2.20. The molecule has 1 aromatic rings. The van der Waals surface area contributed by atoms with Gasteiger partial charge in [0.05, 0.1) is 0 Å². The molecule has 0 atom stereocenters. The van der Waals surface area contributed by atoms with Gasteiger partial charge in [0, 0.05) is 11.6 Å². The Morgan fingerprint density at radius 1 is 1.23 bits per heavy atom. The van der Waals surface area contributed by atoms with Gasteiger partial charge < -0.3 is 15.2 Å². The van der Waals surface area contributed by atoms with Gasteiger partial charge in [-0.3, -0.25) is 4.79 Å². The Hall–Kier alpha value is -2.04. The molecule has 0 aromatic heterocycles. The number of amides is 1. The number of benzene rings is 1. The fourth-order valence-electron chi connectivity index (χ4n) is 2.79. The van der Waals surface area contributed by atoms with Crippen LogP contribution in [0.5, 0.6) is 5.75 Å². The molecule has 0 radical (unpaired) electrons. The molecule has 0 saturated heterocycles. The van der Waals surface area contributed by atoms with Gasteiger partial charge in [-0.2, -0.15) is 0 Å². The van der Waals surface area contributed by atoms with E-state index in [0.717, 1.165) is 36.9 Å². The summed E-state index contributed by atoms with van der Waals surface area (Å²) in [5.74, 6) is -0.329. The summed E-state index contributed by atoms with van der Waals surface area (Å²) < 4.78 is 5.13. The van der Waals surface area contributed by atoms with Crippen LogP contribution in [-0.4, -0.2) is 23.6 Å². The first-order chi connectivity index (χ1) is 10.6. The molecule has 120 valence electrons. The molecule has 1 saturated carbocycles. The molecular weight excluding hydrogens is 282 g/mol. The summed E-state index contributed by atoms with van der Waals surface area (Å²) in [6, 6.07) is 5.19. The standard InChI is InChI=1S/C17H23NO4/c1-12-10-14(22-11-16(19)20)8-9-15(12)18-17(21)13-6-4-2-3-5-7-13/h8-10,13H,2-7,11H2,1H3,(H,18,21)(H,19,20). The first kappa shape index (κ1) is 16.3. The van der Waals surface area contributed by atoms with Gasteiger partial charge in [0.15, 0.2) is 6.61 Å². The van der Waals surface area contributed by atoms with Crippen LogP contribution in [0.1, 0.15) is 44.1 Å². The van der Waals surface area contributed by atoms with Crippen molar-refractivity contribution in [2.24, 2.45) is 5.92 Å². The topological polar surface area (TPSA) is 75.6 Å². The quantitative estimate of drug-likeness (QED) is 0.818. The van der Waals surface area contributed by atoms with Gasteiger partial charge in [-0.15, -0.1) is 0 Å². The maximum absolute atomic E-state index is 12.4. The van der Waals surface area contributed by atoms with Crippen molar-refractivity contribution in [1.82, 2.24) is 0 Å². The molecule has 2 N–H and O–H groups in total. The second-order valence-corrected chi connectivity index (χ2v) is 5.84. The van der Waals surface area contributed by atoms with E-state index in [2.05, 4.69) is 5.32 Å². The highest BCUT2D eigenvalue weighted by molar-refractivity contribution is 5.93. The van der Waals surface area contributed by atoms with Gasteiger partial charge in [-0.05, 0) is 43.5 Å². The minimum Gasteiger partial charge on any atom is -0.482 e. The van der Waals surface area contributed by atoms with E-state index in [1.807, 2.05) is 6.92 Å². The van der Waals surface area contributed by atoms with Gasteiger partial charge in [-0.1, -0.05) is 25.7 Å². The molecule has 22 heavy (non-hydrogen) atoms. The molecule has 0 heterocycles. The van der Waals surface area contributed by atoms with Gasteiger partial charge in [0.2, 0.25) is 5.91 Å². The number of carbonyl (C=O) groups excluding carboxylic acids is 1.